The van der Waals surface area contributed by atoms with Gasteiger partial charge in [0.25, 0.3) is 0 Å². The Morgan fingerprint density at radius 3 is 3.04 bits per heavy atom. The summed E-state index contributed by atoms with van der Waals surface area (Å²) < 4.78 is 25.1. The SMILES string of the molecule is CC(=O)NCC(=O)N1CCC[C@]2(C[C@@H](Oc3ccc(F)c(Cl)c3)CO2)C1. The van der Waals surface area contributed by atoms with Gasteiger partial charge < -0.3 is 19.7 Å². The summed E-state index contributed by atoms with van der Waals surface area (Å²) in [5, 5.41) is 2.55. The van der Waals surface area contributed by atoms with E-state index in [0.29, 0.717) is 31.9 Å². The molecule has 1 spiro atoms. The van der Waals surface area contributed by atoms with Gasteiger partial charge in [0, 0.05) is 32.5 Å². The molecule has 3 rings (SSSR count). The van der Waals surface area contributed by atoms with Crippen molar-refractivity contribution in [3.8, 4) is 5.75 Å². The van der Waals surface area contributed by atoms with Crippen LogP contribution >= 0.6 is 11.6 Å². The van der Waals surface area contributed by atoms with Gasteiger partial charge in [-0.2, -0.15) is 0 Å². The lowest BCUT2D eigenvalue weighted by atomic mass is 9.89. The van der Waals surface area contributed by atoms with Crippen molar-refractivity contribution in [1.82, 2.24) is 10.2 Å². The maximum absolute atomic E-state index is 13.3. The highest BCUT2D eigenvalue weighted by Crippen LogP contribution is 2.36. The molecule has 2 heterocycles. The summed E-state index contributed by atoms with van der Waals surface area (Å²) in [5.41, 5.74) is -0.432. The molecule has 2 fully saturated rings. The van der Waals surface area contributed by atoms with E-state index < -0.39 is 11.4 Å². The first-order chi connectivity index (χ1) is 12.4. The second-order valence-electron chi connectivity index (χ2n) is 6.84. The molecule has 1 N–H and O–H groups in total. The van der Waals surface area contributed by atoms with Gasteiger partial charge in [0.2, 0.25) is 11.8 Å². The molecule has 0 saturated carbocycles. The number of carbonyl (C=O) groups excluding carboxylic acids is 2. The summed E-state index contributed by atoms with van der Waals surface area (Å²) in [6, 6.07) is 4.26. The van der Waals surface area contributed by atoms with Crippen molar-refractivity contribution in [3.05, 3.63) is 29.0 Å². The zero-order valence-electron chi connectivity index (χ0n) is 14.6. The third kappa shape index (κ3) is 4.45. The largest absolute Gasteiger partial charge is 0.488 e. The van der Waals surface area contributed by atoms with Gasteiger partial charge in [0.15, 0.2) is 0 Å². The fraction of sp³-hybridized carbons (Fsp3) is 0.556. The number of benzene rings is 1. The number of rotatable bonds is 4. The number of nitrogens with zero attached hydrogens (tertiary/aromatic N) is 1. The topological polar surface area (TPSA) is 67.9 Å². The molecule has 2 aliphatic heterocycles. The Morgan fingerprint density at radius 1 is 1.50 bits per heavy atom. The van der Waals surface area contributed by atoms with E-state index in [1.807, 2.05) is 0 Å². The highest BCUT2D eigenvalue weighted by atomic mass is 35.5. The van der Waals surface area contributed by atoms with Crippen molar-refractivity contribution in [2.75, 3.05) is 26.2 Å². The van der Waals surface area contributed by atoms with E-state index in [4.69, 9.17) is 21.1 Å². The molecule has 6 nitrogen and oxygen atoms in total. The predicted octanol–water partition coefficient (Wildman–Crippen LogP) is 2.14. The number of ether oxygens (including phenoxy) is 2. The van der Waals surface area contributed by atoms with Crippen LogP contribution < -0.4 is 10.1 Å². The van der Waals surface area contributed by atoms with Crippen LogP contribution in [-0.2, 0) is 14.3 Å². The zero-order chi connectivity index (χ0) is 18.7. The Hall–Kier alpha value is -1.86. The molecule has 26 heavy (non-hydrogen) atoms. The van der Waals surface area contributed by atoms with Gasteiger partial charge >= 0.3 is 0 Å². The Morgan fingerprint density at radius 2 is 2.31 bits per heavy atom. The number of hydrogen-bond donors (Lipinski definition) is 1. The van der Waals surface area contributed by atoms with Crippen LogP contribution in [0.1, 0.15) is 26.2 Å². The third-order valence-corrected chi connectivity index (χ3v) is 5.04. The van der Waals surface area contributed by atoms with E-state index in [1.54, 1.807) is 4.90 Å². The average molecular weight is 385 g/mol. The summed E-state index contributed by atoms with van der Waals surface area (Å²) >= 11 is 5.79. The van der Waals surface area contributed by atoms with Crippen molar-refractivity contribution in [2.24, 2.45) is 0 Å². The molecule has 1 aromatic carbocycles. The van der Waals surface area contributed by atoms with Crippen LogP contribution in [-0.4, -0.2) is 54.7 Å². The van der Waals surface area contributed by atoms with Gasteiger partial charge in [0.1, 0.15) is 17.7 Å². The van der Waals surface area contributed by atoms with Gasteiger partial charge in [-0.25, -0.2) is 4.39 Å². The Bertz CT molecular complexity index is 702. The fourth-order valence-corrected chi connectivity index (χ4v) is 3.70. The standard InChI is InChI=1S/C18H22ClFN2O4/c1-12(23)21-9-17(24)22-6-2-5-18(11-22)8-14(10-25-18)26-13-3-4-16(20)15(19)7-13/h3-4,7,14H,2,5-6,8-11H2,1H3,(H,21,23)/t14-,18+/m1/s1. The van der Waals surface area contributed by atoms with Crippen LogP contribution in [0, 0.1) is 5.82 Å². The minimum atomic E-state index is -0.487. The molecule has 8 heteroatoms. The average Bonchev–Trinajstić information content (AvgIpc) is 2.97. The minimum absolute atomic E-state index is 0.000575. The number of hydrogen-bond acceptors (Lipinski definition) is 4. The quantitative estimate of drug-likeness (QED) is 0.863. The van der Waals surface area contributed by atoms with Crippen LogP contribution in [0.5, 0.6) is 5.75 Å². The van der Waals surface area contributed by atoms with E-state index >= 15 is 0 Å². The lowest BCUT2D eigenvalue weighted by molar-refractivity contribution is -0.139. The molecule has 0 unspecified atom stereocenters. The molecule has 0 aromatic heterocycles. The lowest BCUT2D eigenvalue weighted by Crippen LogP contribution is -2.52. The number of carbonyl (C=O) groups is 2. The molecule has 2 saturated heterocycles. The first kappa shape index (κ1) is 18.9. The molecule has 2 aliphatic rings. The Kier molecular flexibility index (Phi) is 5.67. The summed E-state index contributed by atoms with van der Waals surface area (Å²) in [6.07, 6.45) is 2.15. The third-order valence-electron chi connectivity index (χ3n) is 4.75. The van der Waals surface area contributed by atoms with Gasteiger partial charge in [-0.05, 0) is 25.0 Å². The number of likely N-dealkylation sites (tertiary alicyclic amines) is 1. The highest BCUT2D eigenvalue weighted by molar-refractivity contribution is 6.30. The number of nitrogens with one attached hydrogen (secondary N) is 1. The first-order valence-electron chi connectivity index (χ1n) is 8.65. The molecule has 0 bridgehead atoms. The number of amides is 2. The smallest absolute Gasteiger partial charge is 0.242 e. The second-order valence-corrected chi connectivity index (χ2v) is 7.25. The van der Waals surface area contributed by atoms with Crippen molar-refractivity contribution in [2.45, 2.75) is 37.9 Å². The molecule has 2 amide bonds. The predicted molar refractivity (Wildman–Crippen MR) is 93.6 cm³/mol. The van der Waals surface area contributed by atoms with Gasteiger partial charge in [-0.1, -0.05) is 11.6 Å². The van der Waals surface area contributed by atoms with Gasteiger partial charge in [-0.3, -0.25) is 9.59 Å². The molecule has 0 radical (unpaired) electrons. The van der Waals surface area contributed by atoms with Crippen LogP contribution in [0.25, 0.3) is 0 Å². The molecule has 142 valence electrons. The van der Waals surface area contributed by atoms with E-state index in [9.17, 15) is 14.0 Å². The summed E-state index contributed by atoms with van der Waals surface area (Å²) in [6.45, 7) is 2.93. The second kappa shape index (κ2) is 7.80. The van der Waals surface area contributed by atoms with E-state index in [1.165, 1.54) is 25.1 Å². The fourth-order valence-electron chi connectivity index (χ4n) is 3.53. The Balaban J connectivity index is 1.58. The molecule has 2 atom stereocenters. The van der Waals surface area contributed by atoms with Crippen LogP contribution in [0.2, 0.25) is 5.02 Å². The van der Waals surface area contributed by atoms with Crippen molar-refractivity contribution < 1.29 is 23.5 Å². The molecule has 1 aromatic rings. The summed E-state index contributed by atoms with van der Waals surface area (Å²) in [4.78, 5) is 25.0. The monoisotopic (exact) mass is 384 g/mol. The van der Waals surface area contributed by atoms with Crippen LogP contribution in [0.3, 0.4) is 0 Å². The van der Waals surface area contributed by atoms with Gasteiger partial charge in [-0.15, -0.1) is 0 Å². The number of piperidine rings is 1. The molecule has 0 aliphatic carbocycles. The minimum Gasteiger partial charge on any atom is -0.488 e. The first-order valence-corrected chi connectivity index (χ1v) is 9.03. The zero-order valence-corrected chi connectivity index (χ0v) is 15.4. The van der Waals surface area contributed by atoms with Crippen LogP contribution in [0.15, 0.2) is 18.2 Å². The molecular weight excluding hydrogens is 363 g/mol. The lowest BCUT2D eigenvalue weighted by Gasteiger charge is -2.39. The Labute approximate surface area is 156 Å². The summed E-state index contributed by atoms with van der Waals surface area (Å²) in [7, 11) is 0. The van der Waals surface area contributed by atoms with Crippen molar-refractivity contribution in [3.63, 3.8) is 0 Å². The summed E-state index contributed by atoms with van der Waals surface area (Å²) in [5.74, 6) is -0.332. The van der Waals surface area contributed by atoms with Crippen molar-refractivity contribution >= 4 is 23.4 Å². The maximum atomic E-state index is 13.3. The van der Waals surface area contributed by atoms with Crippen LogP contribution in [0.4, 0.5) is 4.39 Å². The van der Waals surface area contributed by atoms with Gasteiger partial charge in [0.05, 0.1) is 23.8 Å². The highest BCUT2D eigenvalue weighted by Gasteiger charge is 2.45. The number of halogens is 2. The maximum Gasteiger partial charge on any atom is 0.242 e. The van der Waals surface area contributed by atoms with Crippen molar-refractivity contribution in [1.29, 1.82) is 0 Å². The molecular formula is C18H22ClFN2O4. The van der Waals surface area contributed by atoms with E-state index in [2.05, 4.69) is 5.32 Å². The normalized spacial score (nSPS) is 25.3. The van der Waals surface area contributed by atoms with E-state index in [-0.39, 0.29) is 29.5 Å². The van der Waals surface area contributed by atoms with E-state index in [0.717, 1.165) is 12.8 Å².